The third-order valence-corrected chi connectivity index (χ3v) is 7.94. The predicted molar refractivity (Wildman–Crippen MR) is 156 cm³/mol. The third kappa shape index (κ3) is 6.52. The van der Waals surface area contributed by atoms with Gasteiger partial charge in [0.05, 0.1) is 9.81 Å². The molecule has 0 bridgehead atoms. The van der Waals surface area contributed by atoms with Crippen LogP contribution in [0, 0.1) is 0 Å². The number of halogens is 2. The van der Waals surface area contributed by atoms with Crippen LogP contribution in [-0.2, 0) is 14.4 Å². The fraction of sp³-hybridized carbons (Fsp3) is 0.0800. The van der Waals surface area contributed by atoms with Crippen LogP contribution >= 0.6 is 58.9 Å². The third-order valence-electron chi connectivity index (χ3n) is 5.00. The fourth-order valence-corrected chi connectivity index (χ4v) is 5.92. The van der Waals surface area contributed by atoms with Crippen molar-refractivity contribution in [3.8, 4) is 0 Å². The van der Waals surface area contributed by atoms with E-state index < -0.39 is 5.91 Å². The van der Waals surface area contributed by atoms with E-state index in [9.17, 15) is 14.4 Å². The number of amidine groups is 1. The van der Waals surface area contributed by atoms with Gasteiger partial charge in [-0.15, -0.1) is 11.7 Å². The molecular formula is C25H18Cl2N4O3S3. The molecule has 0 aliphatic carbocycles. The van der Waals surface area contributed by atoms with Crippen LogP contribution in [0.5, 0.6) is 0 Å². The largest absolute Gasteiger partial charge is 0.283 e. The molecule has 0 aromatic heterocycles. The molecule has 7 nitrogen and oxygen atoms in total. The van der Waals surface area contributed by atoms with Crippen molar-refractivity contribution >= 4 is 98.3 Å². The number of benzene rings is 2. The van der Waals surface area contributed by atoms with Crippen molar-refractivity contribution in [2.24, 2.45) is 5.10 Å². The lowest BCUT2D eigenvalue weighted by atomic mass is 10.2. The Hall–Kier alpha value is -2.89. The zero-order valence-electron chi connectivity index (χ0n) is 19.0. The molecule has 1 N–H and O–H groups in total. The minimum absolute atomic E-state index is 0.186. The van der Waals surface area contributed by atoms with Gasteiger partial charge in [-0.1, -0.05) is 89.7 Å². The van der Waals surface area contributed by atoms with Crippen LogP contribution in [0.1, 0.15) is 11.1 Å². The average molecular weight is 590 g/mol. The molecule has 2 fully saturated rings. The van der Waals surface area contributed by atoms with Gasteiger partial charge in [-0.2, -0.15) is 0 Å². The summed E-state index contributed by atoms with van der Waals surface area (Å²) in [6.07, 6.45) is 4.91. The molecule has 2 saturated heterocycles. The second-order valence-electron chi connectivity index (χ2n) is 7.59. The van der Waals surface area contributed by atoms with Crippen LogP contribution < -0.4 is 5.43 Å². The van der Waals surface area contributed by atoms with Gasteiger partial charge in [0.2, 0.25) is 0 Å². The molecule has 3 amide bonds. The topological polar surface area (TPSA) is 82.1 Å². The average Bonchev–Trinajstić information content (AvgIpc) is 3.30. The van der Waals surface area contributed by atoms with Crippen molar-refractivity contribution in [1.29, 1.82) is 0 Å². The predicted octanol–water partition coefficient (Wildman–Crippen LogP) is 5.38. The molecule has 0 saturated carbocycles. The molecule has 37 heavy (non-hydrogen) atoms. The summed E-state index contributed by atoms with van der Waals surface area (Å²) in [4.78, 5) is 41.7. The zero-order chi connectivity index (χ0) is 26.5. The number of carbonyl (C=O) groups is 3. The number of thiocarbonyl (C=S) groups is 1. The summed E-state index contributed by atoms with van der Waals surface area (Å²) in [5.41, 5.74) is 3.89. The first kappa shape index (κ1) is 27.2. The Morgan fingerprint density at radius 1 is 1.03 bits per heavy atom. The molecule has 2 heterocycles. The van der Waals surface area contributed by atoms with E-state index in [0.29, 0.717) is 25.4 Å². The summed E-state index contributed by atoms with van der Waals surface area (Å²) in [5, 5.41) is 5.25. The second kappa shape index (κ2) is 12.1. The van der Waals surface area contributed by atoms with Gasteiger partial charge in [0.15, 0.2) is 5.17 Å². The van der Waals surface area contributed by atoms with Crippen molar-refractivity contribution in [1.82, 2.24) is 15.2 Å². The summed E-state index contributed by atoms with van der Waals surface area (Å²) in [7, 11) is 0. The van der Waals surface area contributed by atoms with E-state index in [1.54, 1.807) is 36.4 Å². The van der Waals surface area contributed by atoms with E-state index in [1.165, 1.54) is 9.80 Å². The molecule has 188 valence electrons. The van der Waals surface area contributed by atoms with E-state index in [4.69, 9.17) is 35.4 Å². The SMILES string of the molecule is C=CCN1C(=O)/C(=C\c2ccc(Cl)cc2Cl)S/C1=N/NC(=O)CN1C(=O)/C(=C/c2ccccc2)SC1=S. The van der Waals surface area contributed by atoms with Crippen LogP contribution in [-0.4, -0.2) is 50.1 Å². The van der Waals surface area contributed by atoms with Gasteiger partial charge in [-0.05, 0) is 47.2 Å². The Kier molecular flexibility index (Phi) is 8.88. The standard InChI is InChI=1S/C25H18Cl2N4O3S3/c1-2-10-30-22(33)20(12-16-8-9-17(26)13-18(16)27)36-24(30)29-28-21(32)14-31-23(34)19(37-25(31)35)11-15-6-4-3-5-7-15/h2-9,11-13H,1,10,14H2,(H,28,32)/b19-11-,20-12+,29-24+. The van der Waals surface area contributed by atoms with Gasteiger partial charge >= 0.3 is 0 Å². The van der Waals surface area contributed by atoms with Crippen LogP contribution in [0.15, 0.2) is 76.1 Å². The Labute approximate surface area is 237 Å². The monoisotopic (exact) mass is 588 g/mol. The Morgan fingerprint density at radius 2 is 1.73 bits per heavy atom. The number of nitrogens with one attached hydrogen (secondary N) is 1. The minimum Gasteiger partial charge on any atom is -0.283 e. The lowest BCUT2D eigenvalue weighted by Gasteiger charge is -2.14. The van der Waals surface area contributed by atoms with Gasteiger partial charge in [0.1, 0.15) is 10.9 Å². The molecule has 2 aliphatic rings. The molecule has 0 radical (unpaired) electrons. The van der Waals surface area contributed by atoms with Crippen LogP contribution in [0.3, 0.4) is 0 Å². The van der Waals surface area contributed by atoms with Crippen molar-refractivity contribution in [2.75, 3.05) is 13.1 Å². The Bertz CT molecular complexity index is 1390. The number of nitrogens with zero attached hydrogens (tertiary/aromatic N) is 3. The van der Waals surface area contributed by atoms with Crippen LogP contribution in [0.2, 0.25) is 10.0 Å². The van der Waals surface area contributed by atoms with E-state index in [-0.39, 0.29) is 34.4 Å². The first-order chi connectivity index (χ1) is 17.8. The number of carbonyl (C=O) groups excluding carboxylic acids is 3. The van der Waals surface area contributed by atoms with Gasteiger partial charge in [0, 0.05) is 16.6 Å². The fourth-order valence-electron chi connectivity index (χ4n) is 3.27. The highest BCUT2D eigenvalue weighted by Crippen LogP contribution is 2.34. The summed E-state index contributed by atoms with van der Waals surface area (Å²) in [5.74, 6) is -1.23. The molecule has 0 unspecified atom stereocenters. The Morgan fingerprint density at radius 3 is 2.43 bits per heavy atom. The lowest BCUT2D eigenvalue weighted by molar-refractivity contribution is -0.128. The highest BCUT2D eigenvalue weighted by atomic mass is 35.5. The lowest BCUT2D eigenvalue weighted by Crippen LogP contribution is -2.39. The number of hydrogen-bond donors (Lipinski definition) is 1. The maximum Gasteiger partial charge on any atom is 0.267 e. The first-order valence-electron chi connectivity index (χ1n) is 10.7. The van der Waals surface area contributed by atoms with Gasteiger partial charge in [-0.25, -0.2) is 5.43 Å². The Balaban J connectivity index is 1.45. The number of hydrogen-bond acceptors (Lipinski definition) is 7. The highest BCUT2D eigenvalue weighted by Gasteiger charge is 2.35. The van der Waals surface area contributed by atoms with Gasteiger partial charge in [0.25, 0.3) is 17.7 Å². The van der Waals surface area contributed by atoms with Gasteiger partial charge in [-0.3, -0.25) is 24.2 Å². The molecule has 0 atom stereocenters. The molecule has 12 heteroatoms. The van der Waals surface area contributed by atoms with Crippen LogP contribution in [0.25, 0.3) is 12.2 Å². The molecule has 2 aromatic carbocycles. The molecule has 2 aliphatic heterocycles. The van der Waals surface area contributed by atoms with E-state index in [0.717, 1.165) is 29.1 Å². The molecular weight excluding hydrogens is 571 g/mol. The maximum atomic E-state index is 12.9. The van der Waals surface area contributed by atoms with E-state index in [2.05, 4.69) is 17.1 Å². The molecule has 4 rings (SSSR count). The van der Waals surface area contributed by atoms with Crippen molar-refractivity contribution in [3.63, 3.8) is 0 Å². The smallest absolute Gasteiger partial charge is 0.267 e. The summed E-state index contributed by atoms with van der Waals surface area (Å²) in [6.45, 7) is 3.55. The van der Waals surface area contributed by atoms with Crippen LogP contribution in [0.4, 0.5) is 0 Å². The quantitative estimate of drug-likeness (QED) is 0.202. The molecule has 2 aromatic rings. The molecule has 0 spiro atoms. The van der Waals surface area contributed by atoms with E-state index >= 15 is 0 Å². The number of rotatable bonds is 7. The highest BCUT2D eigenvalue weighted by molar-refractivity contribution is 8.26. The van der Waals surface area contributed by atoms with Crippen molar-refractivity contribution < 1.29 is 14.4 Å². The second-order valence-corrected chi connectivity index (χ2v) is 11.1. The van der Waals surface area contributed by atoms with Gasteiger partial charge < -0.3 is 0 Å². The number of thioether (sulfide) groups is 2. The number of hydrazone groups is 1. The maximum absolute atomic E-state index is 12.9. The normalized spacial score (nSPS) is 19.0. The minimum atomic E-state index is -0.561. The first-order valence-corrected chi connectivity index (χ1v) is 13.5. The van der Waals surface area contributed by atoms with Crippen molar-refractivity contribution in [2.45, 2.75) is 0 Å². The number of amides is 3. The summed E-state index contributed by atoms with van der Waals surface area (Å²) in [6, 6.07) is 14.3. The van der Waals surface area contributed by atoms with Crippen molar-refractivity contribution in [3.05, 3.63) is 92.2 Å². The van der Waals surface area contributed by atoms with E-state index in [1.807, 2.05) is 30.3 Å². The summed E-state index contributed by atoms with van der Waals surface area (Å²) >= 11 is 19.7. The zero-order valence-corrected chi connectivity index (χ0v) is 23.0. The summed E-state index contributed by atoms with van der Waals surface area (Å²) < 4.78 is 0.277.